The third-order valence-corrected chi connectivity index (χ3v) is 3.76. The summed E-state index contributed by atoms with van der Waals surface area (Å²) >= 11 is 0. The van der Waals surface area contributed by atoms with E-state index >= 15 is 0 Å². The van der Waals surface area contributed by atoms with Gasteiger partial charge in [0, 0.05) is 135 Å². The van der Waals surface area contributed by atoms with Crippen LogP contribution in [0.15, 0.2) is 0 Å². The van der Waals surface area contributed by atoms with Crippen molar-refractivity contribution in [1.29, 1.82) is 0 Å². The van der Waals surface area contributed by atoms with E-state index in [1.807, 2.05) is 14.7 Å². The molecular formula is C13H29N3O5Pr2. The molecule has 0 aromatic heterocycles. The summed E-state index contributed by atoms with van der Waals surface area (Å²) in [5.41, 5.74) is 0. The van der Waals surface area contributed by atoms with Crippen LogP contribution < -0.4 is 0 Å². The van der Waals surface area contributed by atoms with Gasteiger partial charge in [0.15, 0.2) is 0 Å². The minimum Gasteiger partial charge on any atom is -0.394 e. The topological polar surface area (TPSA) is 111 Å². The van der Waals surface area contributed by atoms with Gasteiger partial charge in [-0.25, -0.2) is 0 Å². The largest absolute Gasteiger partial charge is 0.394 e. The normalized spacial score (nSPS) is 21.3. The Bertz CT molecular complexity index is 258. The van der Waals surface area contributed by atoms with Crippen molar-refractivity contribution in [2.45, 2.75) is 12.2 Å². The molecule has 0 aromatic rings. The van der Waals surface area contributed by atoms with Crippen LogP contribution in [-0.2, 0) is 0 Å². The molecule has 2 unspecified atom stereocenters. The molecule has 1 rings (SSSR count). The van der Waals surface area contributed by atoms with E-state index in [4.69, 9.17) is 10.2 Å². The molecule has 0 bridgehead atoms. The molecule has 2 radical (unpaired) electrons. The van der Waals surface area contributed by atoms with E-state index in [9.17, 15) is 15.3 Å². The third-order valence-electron chi connectivity index (χ3n) is 3.76. The summed E-state index contributed by atoms with van der Waals surface area (Å²) in [5, 5.41) is 46.4. The van der Waals surface area contributed by atoms with E-state index < -0.39 is 12.2 Å². The molecule has 0 spiro atoms. The number of aliphatic hydroxyl groups is 5. The van der Waals surface area contributed by atoms with Gasteiger partial charge in [-0.15, -0.1) is 0 Å². The molecule has 1 aliphatic heterocycles. The summed E-state index contributed by atoms with van der Waals surface area (Å²) in [4.78, 5) is 5.96. The predicted molar refractivity (Wildman–Crippen MR) is 77.7 cm³/mol. The molecule has 1 fully saturated rings. The van der Waals surface area contributed by atoms with Crippen molar-refractivity contribution in [1.82, 2.24) is 14.7 Å². The molecule has 23 heavy (non-hydrogen) atoms. The molecule has 132 valence electrons. The number of nitrogens with zero attached hydrogens (tertiary/aromatic N) is 3. The molecule has 0 saturated carbocycles. The van der Waals surface area contributed by atoms with Crippen LogP contribution in [0.4, 0.5) is 0 Å². The summed E-state index contributed by atoms with van der Waals surface area (Å²) in [6.45, 7) is 4.37. The second-order valence-corrected chi connectivity index (χ2v) is 5.53. The summed E-state index contributed by atoms with van der Waals surface area (Å²) in [6.07, 6.45) is -1.55. The van der Waals surface area contributed by atoms with Crippen molar-refractivity contribution in [3.63, 3.8) is 0 Å². The fourth-order valence-corrected chi connectivity index (χ4v) is 2.40. The van der Waals surface area contributed by atoms with Gasteiger partial charge in [0.25, 0.3) is 0 Å². The standard InChI is InChI=1S/C13H29N3O5.2Pr/c17-9-12(20)7-14-1-2-15(8-13(21)10-18)4-6-16(11-19)5-3-14;;/h12-13,17-21H,1-11H2;;. The van der Waals surface area contributed by atoms with Crippen LogP contribution in [0.5, 0.6) is 0 Å². The molecule has 5 N–H and O–H groups in total. The molecule has 0 aliphatic carbocycles. The number of β-amino-alcohol motifs (C(OH)–C–C–N with tert-alkyl or cyclic N) is 2. The van der Waals surface area contributed by atoms with Crippen LogP contribution in [0.1, 0.15) is 0 Å². The molecule has 8 nitrogen and oxygen atoms in total. The van der Waals surface area contributed by atoms with Crippen molar-refractivity contribution in [3.05, 3.63) is 0 Å². The maximum absolute atomic E-state index is 9.57. The van der Waals surface area contributed by atoms with E-state index in [-0.39, 0.29) is 103 Å². The molecule has 2 atom stereocenters. The Morgan fingerprint density at radius 3 is 1.17 bits per heavy atom. The first-order valence-electron chi connectivity index (χ1n) is 7.44. The number of hydrogen-bond donors (Lipinski definition) is 5. The fourth-order valence-electron chi connectivity index (χ4n) is 2.40. The van der Waals surface area contributed by atoms with Crippen molar-refractivity contribution < 1.29 is 108 Å². The van der Waals surface area contributed by atoms with Crippen LogP contribution in [0.2, 0.25) is 0 Å². The van der Waals surface area contributed by atoms with Crippen molar-refractivity contribution >= 4 is 0 Å². The number of rotatable bonds is 7. The SMILES string of the molecule is OCC(O)CN1CCN(CO)CCN(CC(O)CO)CC1.[Pr].[Pr]. The summed E-state index contributed by atoms with van der Waals surface area (Å²) < 4.78 is 0. The van der Waals surface area contributed by atoms with Gasteiger partial charge in [-0.1, -0.05) is 0 Å². The summed E-state index contributed by atoms with van der Waals surface area (Å²) in [5.74, 6) is 0. The summed E-state index contributed by atoms with van der Waals surface area (Å²) in [7, 11) is 0. The molecule has 0 amide bonds. The molecular weight excluding hydrogens is 560 g/mol. The first kappa shape index (κ1) is 27.6. The average Bonchev–Trinajstić information content (AvgIpc) is 2.59. The van der Waals surface area contributed by atoms with Gasteiger partial charge in [0.1, 0.15) is 0 Å². The minimum absolute atomic E-state index is 0. The van der Waals surface area contributed by atoms with Crippen LogP contribution in [0.3, 0.4) is 0 Å². The number of hydrogen-bond acceptors (Lipinski definition) is 8. The number of aliphatic hydroxyl groups excluding tert-OH is 5. The second-order valence-electron chi connectivity index (χ2n) is 5.53. The Balaban J connectivity index is 0. The van der Waals surface area contributed by atoms with Gasteiger partial charge >= 0.3 is 0 Å². The van der Waals surface area contributed by atoms with Crippen molar-refractivity contribution in [2.75, 3.05) is 72.3 Å². The molecule has 0 aromatic carbocycles. The third kappa shape index (κ3) is 12.4. The first-order valence-corrected chi connectivity index (χ1v) is 7.44. The first-order chi connectivity index (χ1) is 10.1. The van der Waals surface area contributed by atoms with Gasteiger partial charge < -0.3 is 25.5 Å². The van der Waals surface area contributed by atoms with Gasteiger partial charge in [0.05, 0.1) is 32.2 Å². The maximum Gasteiger partial charge on any atom is 0.0957 e. The van der Waals surface area contributed by atoms with Crippen molar-refractivity contribution in [3.8, 4) is 0 Å². The van der Waals surface area contributed by atoms with Gasteiger partial charge in [0.2, 0.25) is 0 Å². The predicted octanol–water partition coefficient (Wildman–Crippen LogP) is -3.44. The minimum atomic E-state index is -0.773. The molecule has 1 heterocycles. The molecule has 1 aliphatic rings. The van der Waals surface area contributed by atoms with Gasteiger partial charge in [-0.05, 0) is 0 Å². The van der Waals surface area contributed by atoms with Crippen LogP contribution >= 0.6 is 0 Å². The Hall–Kier alpha value is 2.41. The summed E-state index contributed by atoms with van der Waals surface area (Å²) in [6, 6.07) is 0. The monoisotopic (exact) mass is 589 g/mol. The fraction of sp³-hybridized carbons (Fsp3) is 1.00. The molecule has 10 heteroatoms. The Kier molecular flexibility index (Phi) is 19.9. The van der Waals surface area contributed by atoms with Gasteiger partial charge in [-0.2, -0.15) is 0 Å². The van der Waals surface area contributed by atoms with E-state index in [0.29, 0.717) is 52.4 Å². The Labute approximate surface area is 204 Å². The smallest absolute Gasteiger partial charge is 0.0957 e. The maximum atomic E-state index is 9.57. The van der Waals surface area contributed by atoms with Crippen LogP contribution in [0, 0.1) is 82.6 Å². The van der Waals surface area contributed by atoms with Crippen molar-refractivity contribution in [2.24, 2.45) is 0 Å². The zero-order chi connectivity index (χ0) is 15.7. The molecule has 1 saturated heterocycles. The van der Waals surface area contributed by atoms with E-state index in [1.54, 1.807) is 0 Å². The Morgan fingerprint density at radius 2 is 0.913 bits per heavy atom. The second kappa shape index (κ2) is 16.6. The van der Waals surface area contributed by atoms with E-state index in [0.717, 1.165) is 0 Å². The van der Waals surface area contributed by atoms with E-state index in [2.05, 4.69) is 0 Å². The Morgan fingerprint density at radius 1 is 0.609 bits per heavy atom. The quantitative estimate of drug-likeness (QED) is 0.209. The zero-order valence-corrected chi connectivity index (χ0v) is 21.1. The average molecular weight is 589 g/mol. The van der Waals surface area contributed by atoms with Gasteiger partial charge in [-0.3, -0.25) is 14.7 Å². The van der Waals surface area contributed by atoms with Crippen LogP contribution in [0.25, 0.3) is 0 Å². The van der Waals surface area contributed by atoms with Crippen LogP contribution in [-0.4, -0.2) is 125 Å². The van der Waals surface area contributed by atoms with E-state index in [1.165, 1.54) is 0 Å². The zero-order valence-electron chi connectivity index (χ0n) is 13.7.